The van der Waals surface area contributed by atoms with E-state index in [9.17, 15) is 0 Å². The van der Waals surface area contributed by atoms with Crippen molar-refractivity contribution in [3.05, 3.63) is 41.4 Å². The number of ether oxygens (including phenoxy) is 2. The van der Waals surface area contributed by atoms with Gasteiger partial charge in [-0.3, -0.25) is 0 Å². The van der Waals surface area contributed by atoms with Crippen molar-refractivity contribution in [2.75, 3.05) is 13.2 Å². The molecule has 23 heavy (non-hydrogen) atoms. The summed E-state index contributed by atoms with van der Waals surface area (Å²) in [4.78, 5) is 4.63. The highest BCUT2D eigenvalue weighted by Gasteiger charge is 2.14. The van der Waals surface area contributed by atoms with E-state index >= 15 is 0 Å². The third kappa shape index (κ3) is 5.31. The first kappa shape index (κ1) is 17.4. The minimum Gasteiger partial charge on any atom is -0.494 e. The first-order valence-electron chi connectivity index (χ1n) is 8.59. The molecule has 0 saturated carbocycles. The van der Waals surface area contributed by atoms with E-state index in [2.05, 4.69) is 11.9 Å². The van der Waals surface area contributed by atoms with Gasteiger partial charge in [0.15, 0.2) is 0 Å². The normalized spacial score (nSPS) is 10.7. The minimum atomic E-state index is 0.588. The number of oxazole rings is 1. The molecule has 0 unspecified atom stereocenters. The molecule has 0 aliphatic carbocycles. The lowest BCUT2D eigenvalue weighted by Crippen LogP contribution is -1.95. The van der Waals surface area contributed by atoms with E-state index in [4.69, 9.17) is 13.9 Å². The van der Waals surface area contributed by atoms with Gasteiger partial charge < -0.3 is 13.9 Å². The second-order valence-electron chi connectivity index (χ2n) is 5.49. The van der Waals surface area contributed by atoms with E-state index in [1.807, 2.05) is 38.1 Å². The van der Waals surface area contributed by atoms with Gasteiger partial charge in [-0.25, -0.2) is 4.98 Å². The van der Waals surface area contributed by atoms with Crippen molar-refractivity contribution < 1.29 is 13.9 Å². The summed E-state index contributed by atoms with van der Waals surface area (Å²) in [5, 5.41) is 0. The first-order chi connectivity index (χ1) is 11.3. The molecule has 126 valence electrons. The average Bonchev–Trinajstić information content (AvgIpc) is 2.92. The van der Waals surface area contributed by atoms with Gasteiger partial charge in [-0.2, -0.15) is 0 Å². The van der Waals surface area contributed by atoms with E-state index in [0.717, 1.165) is 29.8 Å². The number of hydrogen-bond donors (Lipinski definition) is 0. The number of hydrogen-bond acceptors (Lipinski definition) is 4. The summed E-state index contributed by atoms with van der Waals surface area (Å²) >= 11 is 0. The lowest BCUT2D eigenvalue weighted by atomic mass is 10.1. The standard InChI is InChI=1S/C19H27NO3/c1-4-7-8-9-17-19(22-6-3)23-18(20-17)14-15-10-12-16(13-11-15)21-5-2/h10-13H,4-9,14H2,1-3H3. The Bertz CT molecular complexity index is 575. The van der Waals surface area contributed by atoms with Crippen molar-refractivity contribution in [1.82, 2.24) is 4.98 Å². The Morgan fingerprint density at radius 2 is 1.70 bits per heavy atom. The van der Waals surface area contributed by atoms with Gasteiger partial charge in [0.05, 0.1) is 13.2 Å². The van der Waals surface area contributed by atoms with Crippen LogP contribution in [-0.2, 0) is 12.8 Å². The molecule has 0 radical (unpaired) electrons. The summed E-state index contributed by atoms with van der Waals surface area (Å²) in [5.74, 6) is 2.19. The van der Waals surface area contributed by atoms with E-state index in [-0.39, 0.29) is 0 Å². The number of unbranched alkanes of at least 4 members (excludes halogenated alkanes) is 2. The first-order valence-corrected chi connectivity index (χ1v) is 8.59. The van der Waals surface area contributed by atoms with Crippen LogP contribution in [-0.4, -0.2) is 18.2 Å². The Morgan fingerprint density at radius 1 is 0.957 bits per heavy atom. The second kappa shape index (κ2) is 9.23. The smallest absolute Gasteiger partial charge is 0.308 e. The number of nitrogens with zero attached hydrogens (tertiary/aromatic N) is 1. The molecule has 1 heterocycles. The van der Waals surface area contributed by atoms with Gasteiger partial charge in [-0.1, -0.05) is 31.9 Å². The highest BCUT2D eigenvalue weighted by molar-refractivity contribution is 5.29. The molecule has 4 heteroatoms. The zero-order valence-electron chi connectivity index (χ0n) is 14.4. The van der Waals surface area contributed by atoms with Crippen LogP contribution in [0.5, 0.6) is 11.7 Å². The number of aromatic nitrogens is 1. The SMILES string of the molecule is CCCCCc1nc(Cc2ccc(OCC)cc2)oc1OCC. The molecule has 2 rings (SSSR count). The van der Waals surface area contributed by atoms with Crippen LogP contribution in [0.15, 0.2) is 28.7 Å². The molecular weight excluding hydrogens is 290 g/mol. The maximum absolute atomic E-state index is 5.80. The van der Waals surface area contributed by atoms with Crippen LogP contribution in [0, 0.1) is 0 Å². The lowest BCUT2D eigenvalue weighted by molar-refractivity contribution is 0.248. The van der Waals surface area contributed by atoms with Crippen LogP contribution >= 0.6 is 0 Å². The van der Waals surface area contributed by atoms with E-state index in [1.165, 1.54) is 12.8 Å². The largest absolute Gasteiger partial charge is 0.494 e. The molecular formula is C19H27NO3. The van der Waals surface area contributed by atoms with E-state index in [1.54, 1.807) is 0 Å². The van der Waals surface area contributed by atoms with Crippen LogP contribution in [0.2, 0.25) is 0 Å². The van der Waals surface area contributed by atoms with Crippen molar-refractivity contribution >= 4 is 0 Å². The molecule has 0 aliphatic rings. The molecule has 0 amide bonds. The fourth-order valence-electron chi connectivity index (χ4n) is 2.45. The van der Waals surface area contributed by atoms with Crippen molar-refractivity contribution in [3.8, 4) is 11.7 Å². The average molecular weight is 317 g/mol. The molecule has 0 N–H and O–H groups in total. The van der Waals surface area contributed by atoms with Gasteiger partial charge in [0, 0.05) is 6.42 Å². The van der Waals surface area contributed by atoms with Gasteiger partial charge in [-0.05, 0) is 44.4 Å². The molecule has 0 aliphatic heterocycles. The zero-order valence-corrected chi connectivity index (χ0v) is 14.4. The Labute approximate surface area is 138 Å². The van der Waals surface area contributed by atoms with Crippen molar-refractivity contribution in [1.29, 1.82) is 0 Å². The van der Waals surface area contributed by atoms with Gasteiger partial charge in [0.2, 0.25) is 5.89 Å². The molecule has 0 saturated heterocycles. The highest BCUT2D eigenvalue weighted by Crippen LogP contribution is 2.24. The summed E-state index contributed by atoms with van der Waals surface area (Å²) in [5.41, 5.74) is 2.10. The van der Waals surface area contributed by atoms with Gasteiger partial charge in [0.1, 0.15) is 11.4 Å². The molecule has 0 bridgehead atoms. The van der Waals surface area contributed by atoms with Crippen LogP contribution in [0.3, 0.4) is 0 Å². The van der Waals surface area contributed by atoms with E-state index < -0.39 is 0 Å². The Kier molecular flexibility index (Phi) is 6.98. The third-order valence-electron chi connectivity index (χ3n) is 3.59. The van der Waals surface area contributed by atoms with Crippen LogP contribution < -0.4 is 9.47 Å². The molecule has 2 aromatic rings. The van der Waals surface area contributed by atoms with Crippen molar-refractivity contribution in [2.45, 2.75) is 52.9 Å². The van der Waals surface area contributed by atoms with Crippen molar-refractivity contribution in [3.63, 3.8) is 0 Å². The molecule has 0 spiro atoms. The van der Waals surface area contributed by atoms with Gasteiger partial charge in [0.25, 0.3) is 0 Å². The third-order valence-corrected chi connectivity index (χ3v) is 3.59. The summed E-state index contributed by atoms with van der Waals surface area (Å²) in [7, 11) is 0. The Morgan fingerprint density at radius 3 is 2.35 bits per heavy atom. The zero-order chi connectivity index (χ0) is 16.5. The van der Waals surface area contributed by atoms with Crippen LogP contribution in [0.1, 0.15) is 57.2 Å². The summed E-state index contributed by atoms with van der Waals surface area (Å²) < 4.78 is 16.9. The molecule has 1 aromatic heterocycles. The van der Waals surface area contributed by atoms with Crippen molar-refractivity contribution in [2.24, 2.45) is 0 Å². The topological polar surface area (TPSA) is 44.5 Å². The van der Waals surface area contributed by atoms with Gasteiger partial charge >= 0.3 is 5.95 Å². The molecule has 0 atom stereocenters. The quantitative estimate of drug-likeness (QED) is 0.591. The monoisotopic (exact) mass is 317 g/mol. The van der Waals surface area contributed by atoms with E-state index in [0.29, 0.717) is 31.5 Å². The highest BCUT2D eigenvalue weighted by atomic mass is 16.6. The fraction of sp³-hybridized carbons (Fsp3) is 0.526. The maximum atomic E-state index is 5.80. The van der Waals surface area contributed by atoms with Crippen LogP contribution in [0.4, 0.5) is 0 Å². The predicted octanol–water partition coefficient (Wildman–Crippen LogP) is 4.80. The van der Waals surface area contributed by atoms with Gasteiger partial charge in [-0.15, -0.1) is 0 Å². The summed E-state index contributed by atoms with van der Waals surface area (Å²) in [6, 6.07) is 8.05. The van der Waals surface area contributed by atoms with Crippen LogP contribution in [0.25, 0.3) is 0 Å². The summed E-state index contributed by atoms with van der Waals surface area (Å²) in [6.07, 6.45) is 5.09. The predicted molar refractivity (Wildman–Crippen MR) is 91.3 cm³/mol. The maximum Gasteiger partial charge on any atom is 0.308 e. The minimum absolute atomic E-state index is 0.588. The Hall–Kier alpha value is -1.97. The molecule has 4 nitrogen and oxygen atoms in total. The number of aryl methyl sites for hydroxylation is 1. The fourth-order valence-corrected chi connectivity index (χ4v) is 2.45. The summed E-state index contributed by atoms with van der Waals surface area (Å²) in [6.45, 7) is 7.42. The second-order valence-corrected chi connectivity index (χ2v) is 5.49. The number of rotatable bonds is 10. The lowest BCUT2D eigenvalue weighted by Gasteiger charge is -2.03. The Balaban J connectivity index is 2.04. The molecule has 1 aromatic carbocycles. The molecule has 0 fully saturated rings. The number of benzene rings is 1.